The monoisotopic (exact) mass is 247 g/mol. The maximum Gasteiger partial charge on any atom is 0.267 e. The molecule has 1 aromatic rings. The quantitative estimate of drug-likeness (QED) is 0.539. The Morgan fingerprint density at radius 3 is 2.56 bits per heavy atom. The van der Waals surface area contributed by atoms with E-state index in [-0.39, 0.29) is 11.6 Å². The van der Waals surface area contributed by atoms with Gasteiger partial charge in [-0.25, -0.2) is 0 Å². The molecule has 0 bridgehead atoms. The molecule has 1 amide bonds. The van der Waals surface area contributed by atoms with Crippen LogP contribution in [0.15, 0.2) is 35.5 Å². The number of hydrogen-bond donors (Lipinski definition) is 3. The molecule has 0 atom stereocenters. The second-order valence-corrected chi connectivity index (χ2v) is 3.77. The second kappa shape index (κ2) is 6.44. The van der Waals surface area contributed by atoms with Crippen LogP contribution >= 0.6 is 0 Å². The fourth-order valence-electron chi connectivity index (χ4n) is 1.28. The molecule has 0 aliphatic rings. The number of hydrogen-bond acceptors (Lipinski definition) is 4. The van der Waals surface area contributed by atoms with Crippen LogP contribution in [0.4, 0.5) is 0 Å². The third-order valence-corrected chi connectivity index (χ3v) is 2.50. The van der Waals surface area contributed by atoms with Crippen LogP contribution in [0.1, 0.15) is 12.5 Å². The lowest BCUT2D eigenvalue weighted by molar-refractivity contribution is -0.117. The fraction of sp³-hybridized carbons (Fsp3) is 0.231. The summed E-state index contributed by atoms with van der Waals surface area (Å²) in [4.78, 5) is 11.6. The van der Waals surface area contributed by atoms with E-state index in [2.05, 4.69) is 5.32 Å². The van der Waals surface area contributed by atoms with Crippen molar-refractivity contribution in [3.05, 3.63) is 41.1 Å². The summed E-state index contributed by atoms with van der Waals surface area (Å²) in [5, 5.41) is 9.70. The van der Waals surface area contributed by atoms with Crippen LogP contribution in [0.3, 0.4) is 0 Å². The molecule has 0 fully saturated rings. The van der Waals surface area contributed by atoms with Crippen molar-refractivity contribution in [3.8, 4) is 5.75 Å². The summed E-state index contributed by atoms with van der Waals surface area (Å²) in [6, 6.07) is 7.37. The van der Waals surface area contributed by atoms with E-state index in [4.69, 9.17) is 15.9 Å². The summed E-state index contributed by atoms with van der Waals surface area (Å²) in [6.45, 7) is 2.00. The molecule has 18 heavy (non-hydrogen) atoms. The molecular weight excluding hydrogens is 230 g/mol. The molecule has 0 saturated carbocycles. The first-order chi connectivity index (χ1) is 8.58. The van der Waals surface area contributed by atoms with Gasteiger partial charge in [-0.2, -0.15) is 0 Å². The average molecular weight is 247 g/mol. The number of nitrogens with two attached hydrogens (primary N) is 1. The lowest BCUT2D eigenvalue weighted by atomic mass is 10.2. The molecule has 0 spiro atoms. The van der Waals surface area contributed by atoms with Gasteiger partial charge in [-0.1, -0.05) is 12.1 Å². The van der Waals surface area contributed by atoms with E-state index in [1.165, 1.54) is 0 Å². The topological polar surface area (TPSA) is 88.2 Å². The molecule has 0 aromatic heterocycles. The van der Waals surface area contributed by atoms with Crippen LogP contribution < -0.4 is 15.8 Å². The van der Waals surface area contributed by atoms with Crippen molar-refractivity contribution in [2.45, 2.75) is 13.5 Å². The Morgan fingerprint density at radius 1 is 1.44 bits per heavy atom. The highest BCUT2D eigenvalue weighted by molar-refractivity contribution is 5.98. The summed E-state index contributed by atoms with van der Waals surface area (Å²) in [6.07, 6.45) is 1.06. The van der Waals surface area contributed by atoms with Crippen molar-refractivity contribution in [2.24, 2.45) is 5.73 Å². The Labute approximate surface area is 106 Å². The van der Waals surface area contributed by atoms with Gasteiger partial charge in [-0.05, 0) is 30.2 Å². The van der Waals surface area contributed by atoms with Crippen LogP contribution in [0.25, 0.3) is 0 Å². The predicted molar refractivity (Wildman–Crippen MR) is 70.5 cm³/mol. The number of carbonyl (C=O) groups excluding carboxylic acids is 1. The van der Waals surface area contributed by atoms with Gasteiger partial charge >= 0.3 is 0 Å². The Bertz CT molecular complexity index is 464. The highest BCUT2D eigenvalue weighted by Crippen LogP contribution is 2.11. The maximum absolute atomic E-state index is 11.6. The molecule has 0 radical (unpaired) electrons. The van der Waals surface area contributed by atoms with E-state index in [0.717, 1.165) is 17.5 Å². The molecule has 0 aliphatic heterocycles. The molecule has 1 rings (SSSR count). The Hall–Kier alpha value is -2.30. The number of methoxy groups -OCH3 is 1. The smallest absolute Gasteiger partial charge is 0.267 e. The second-order valence-electron chi connectivity index (χ2n) is 3.77. The van der Waals surface area contributed by atoms with Crippen LogP contribution in [-0.4, -0.2) is 19.2 Å². The van der Waals surface area contributed by atoms with Crippen molar-refractivity contribution >= 4 is 12.1 Å². The summed E-state index contributed by atoms with van der Waals surface area (Å²) in [5.41, 5.74) is 7.04. The number of allylic oxidation sites excluding steroid dienone is 1. The van der Waals surface area contributed by atoms with Crippen molar-refractivity contribution < 1.29 is 9.53 Å². The van der Waals surface area contributed by atoms with Crippen LogP contribution in [-0.2, 0) is 11.3 Å². The number of ether oxygens (including phenoxy) is 1. The van der Waals surface area contributed by atoms with Crippen molar-refractivity contribution in [2.75, 3.05) is 7.11 Å². The standard InChI is InChI=1S/C13H17N3O2/c1-9(7-14)12(15)13(17)16-8-10-3-5-11(18-2)6-4-10/h3-7,14H,8,15H2,1-2H3,(H,16,17)/b12-9+,14-7?. The first kappa shape index (κ1) is 13.8. The van der Waals surface area contributed by atoms with E-state index in [1.54, 1.807) is 14.0 Å². The summed E-state index contributed by atoms with van der Waals surface area (Å²) in [7, 11) is 1.60. The first-order valence-corrected chi connectivity index (χ1v) is 5.46. The minimum atomic E-state index is -0.369. The summed E-state index contributed by atoms with van der Waals surface area (Å²) >= 11 is 0. The largest absolute Gasteiger partial charge is 0.497 e. The Morgan fingerprint density at radius 2 is 2.06 bits per heavy atom. The zero-order valence-electron chi connectivity index (χ0n) is 10.5. The minimum Gasteiger partial charge on any atom is -0.497 e. The van der Waals surface area contributed by atoms with Crippen molar-refractivity contribution in [1.29, 1.82) is 5.41 Å². The van der Waals surface area contributed by atoms with E-state index < -0.39 is 0 Å². The molecule has 0 aliphatic carbocycles. The molecule has 0 saturated heterocycles. The SMILES string of the molecule is COc1ccc(CNC(=O)/C(N)=C(/C)C=N)cc1. The van der Waals surface area contributed by atoms with E-state index in [0.29, 0.717) is 12.1 Å². The van der Waals surface area contributed by atoms with Gasteiger partial charge in [-0.3, -0.25) is 4.79 Å². The number of benzene rings is 1. The van der Waals surface area contributed by atoms with Gasteiger partial charge in [0.15, 0.2) is 0 Å². The summed E-state index contributed by atoms with van der Waals surface area (Å²) < 4.78 is 5.04. The molecule has 5 heteroatoms. The van der Waals surface area contributed by atoms with Gasteiger partial charge in [0.25, 0.3) is 5.91 Å². The van der Waals surface area contributed by atoms with E-state index >= 15 is 0 Å². The molecule has 5 nitrogen and oxygen atoms in total. The molecule has 4 N–H and O–H groups in total. The van der Waals surface area contributed by atoms with E-state index in [9.17, 15) is 4.79 Å². The maximum atomic E-state index is 11.6. The van der Waals surface area contributed by atoms with Gasteiger partial charge in [0.2, 0.25) is 0 Å². The zero-order chi connectivity index (χ0) is 13.5. The highest BCUT2D eigenvalue weighted by atomic mass is 16.5. The Kier molecular flexibility index (Phi) is 4.92. The lowest BCUT2D eigenvalue weighted by Gasteiger charge is -2.07. The van der Waals surface area contributed by atoms with Crippen LogP contribution in [0, 0.1) is 5.41 Å². The molecule has 0 heterocycles. The van der Waals surface area contributed by atoms with Gasteiger partial charge in [0.05, 0.1) is 7.11 Å². The number of nitrogens with one attached hydrogen (secondary N) is 2. The summed E-state index contributed by atoms with van der Waals surface area (Å²) in [5.74, 6) is 0.399. The third-order valence-electron chi connectivity index (χ3n) is 2.50. The van der Waals surface area contributed by atoms with Crippen LogP contribution in [0.5, 0.6) is 5.75 Å². The zero-order valence-corrected chi connectivity index (χ0v) is 10.5. The highest BCUT2D eigenvalue weighted by Gasteiger charge is 2.07. The molecule has 0 unspecified atom stereocenters. The molecule has 1 aromatic carbocycles. The minimum absolute atomic E-state index is 0.0681. The third kappa shape index (κ3) is 3.62. The van der Waals surface area contributed by atoms with Gasteiger partial charge in [0.1, 0.15) is 11.4 Å². The number of amides is 1. The number of carbonyl (C=O) groups is 1. The van der Waals surface area contributed by atoms with Gasteiger partial charge in [-0.15, -0.1) is 0 Å². The average Bonchev–Trinajstić information content (AvgIpc) is 2.43. The normalized spacial score (nSPS) is 11.4. The van der Waals surface area contributed by atoms with Crippen molar-refractivity contribution in [3.63, 3.8) is 0 Å². The molecular formula is C13H17N3O2. The van der Waals surface area contributed by atoms with Crippen molar-refractivity contribution in [1.82, 2.24) is 5.32 Å². The van der Waals surface area contributed by atoms with Crippen LogP contribution in [0.2, 0.25) is 0 Å². The predicted octanol–water partition coefficient (Wildman–Crippen LogP) is 1.19. The van der Waals surface area contributed by atoms with Gasteiger partial charge in [0, 0.05) is 12.8 Å². The Balaban J connectivity index is 2.60. The first-order valence-electron chi connectivity index (χ1n) is 5.46. The fourth-order valence-corrected chi connectivity index (χ4v) is 1.28. The van der Waals surface area contributed by atoms with Gasteiger partial charge < -0.3 is 21.2 Å². The molecule has 96 valence electrons. The lowest BCUT2D eigenvalue weighted by Crippen LogP contribution is -2.29. The number of rotatable bonds is 5. The van der Waals surface area contributed by atoms with E-state index in [1.807, 2.05) is 24.3 Å².